The van der Waals surface area contributed by atoms with Crippen LogP contribution in [-0.4, -0.2) is 17.5 Å². The standard InChI is InChI=1S/C20H19FN2O2S/c1-14-4-10-17(11-5-14)25-12-2-3-19(24)23-20-22-18(13-26-20)15-6-8-16(21)9-7-15/h4-11,13H,2-3,12H2,1H3,(H,22,23,24). The first-order valence-corrected chi connectivity index (χ1v) is 9.19. The van der Waals surface area contributed by atoms with E-state index in [1.54, 1.807) is 12.1 Å². The molecule has 0 spiro atoms. The van der Waals surface area contributed by atoms with E-state index >= 15 is 0 Å². The van der Waals surface area contributed by atoms with Crippen LogP contribution in [0.5, 0.6) is 5.75 Å². The number of carbonyl (C=O) groups excluding carboxylic acids is 1. The number of ether oxygens (including phenoxy) is 1. The predicted molar refractivity (Wildman–Crippen MR) is 102 cm³/mol. The largest absolute Gasteiger partial charge is 0.494 e. The van der Waals surface area contributed by atoms with Crippen LogP contribution in [0.25, 0.3) is 11.3 Å². The minimum absolute atomic E-state index is 0.0995. The van der Waals surface area contributed by atoms with Gasteiger partial charge in [-0.05, 0) is 49.7 Å². The van der Waals surface area contributed by atoms with Gasteiger partial charge < -0.3 is 10.1 Å². The molecule has 4 nitrogen and oxygen atoms in total. The maximum absolute atomic E-state index is 13.0. The molecule has 0 fully saturated rings. The van der Waals surface area contributed by atoms with Gasteiger partial charge in [0.2, 0.25) is 5.91 Å². The molecule has 2 aromatic carbocycles. The highest BCUT2D eigenvalue weighted by molar-refractivity contribution is 7.14. The van der Waals surface area contributed by atoms with Crippen LogP contribution in [0.1, 0.15) is 18.4 Å². The maximum atomic E-state index is 13.0. The second-order valence-electron chi connectivity index (χ2n) is 5.86. The van der Waals surface area contributed by atoms with Crippen LogP contribution >= 0.6 is 11.3 Å². The fourth-order valence-corrected chi connectivity index (χ4v) is 3.06. The predicted octanol–water partition coefficient (Wildman–Crippen LogP) is 5.06. The number of carbonyl (C=O) groups is 1. The van der Waals surface area contributed by atoms with Crippen molar-refractivity contribution in [3.05, 3.63) is 65.3 Å². The number of nitrogens with zero attached hydrogens (tertiary/aromatic N) is 1. The molecule has 3 aromatic rings. The lowest BCUT2D eigenvalue weighted by Crippen LogP contribution is -2.12. The number of thiazole rings is 1. The molecule has 6 heteroatoms. The minimum Gasteiger partial charge on any atom is -0.494 e. The topological polar surface area (TPSA) is 51.2 Å². The molecule has 0 aliphatic carbocycles. The van der Waals surface area contributed by atoms with Gasteiger partial charge in [-0.1, -0.05) is 17.7 Å². The molecular weight excluding hydrogens is 351 g/mol. The molecule has 0 atom stereocenters. The van der Waals surface area contributed by atoms with Crippen LogP contribution in [0.2, 0.25) is 0 Å². The number of hydrogen-bond acceptors (Lipinski definition) is 4. The Kier molecular flexibility index (Phi) is 5.96. The van der Waals surface area contributed by atoms with Gasteiger partial charge in [0.15, 0.2) is 5.13 Å². The van der Waals surface area contributed by atoms with Gasteiger partial charge in [0, 0.05) is 17.4 Å². The monoisotopic (exact) mass is 370 g/mol. The quantitative estimate of drug-likeness (QED) is 0.592. The van der Waals surface area contributed by atoms with Crippen LogP contribution < -0.4 is 10.1 Å². The number of anilines is 1. The molecule has 3 rings (SSSR count). The first kappa shape index (κ1) is 18.1. The number of nitrogens with one attached hydrogen (secondary N) is 1. The highest BCUT2D eigenvalue weighted by atomic mass is 32.1. The first-order valence-electron chi connectivity index (χ1n) is 8.31. The lowest BCUT2D eigenvalue weighted by atomic mass is 10.2. The maximum Gasteiger partial charge on any atom is 0.226 e. The van der Waals surface area contributed by atoms with Crippen molar-refractivity contribution in [3.8, 4) is 17.0 Å². The zero-order valence-corrected chi connectivity index (χ0v) is 15.2. The fraction of sp³-hybridized carbons (Fsp3) is 0.200. The Bertz CT molecular complexity index is 860. The molecule has 0 unspecified atom stereocenters. The average Bonchev–Trinajstić information content (AvgIpc) is 3.09. The summed E-state index contributed by atoms with van der Waals surface area (Å²) in [7, 11) is 0. The smallest absolute Gasteiger partial charge is 0.226 e. The number of hydrogen-bond donors (Lipinski definition) is 1. The molecule has 0 bridgehead atoms. The normalized spacial score (nSPS) is 10.5. The van der Waals surface area contributed by atoms with Crippen molar-refractivity contribution >= 4 is 22.4 Å². The van der Waals surface area contributed by atoms with E-state index in [1.807, 2.05) is 36.6 Å². The number of amides is 1. The van der Waals surface area contributed by atoms with E-state index in [0.717, 1.165) is 11.3 Å². The zero-order chi connectivity index (χ0) is 18.4. The van der Waals surface area contributed by atoms with E-state index in [1.165, 1.54) is 29.0 Å². The number of benzene rings is 2. The van der Waals surface area contributed by atoms with E-state index in [4.69, 9.17) is 4.74 Å². The highest BCUT2D eigenvalue weighted by Gasteiger charge is 2.08. The zero-order valence-electron chi connectivity index (χ0n) is 14.4. The van der Waals surface area contributed by atoms with Crippen molar-refractivity contribution < 1.29 is 13.9 Å². The van der Waals surface area contributed by atoms with Crippen molar-refractivity contribution in [2.24, 2.45) is 0 Å². The Balaban J connectivity index is 1.43. The third-order valence-corrected chi connectivity index (χ3v) is 4.49. The summed E-state index contributed by atoms with van der Waals surface area (Å²) in [5.74, 6) is 0.419. The molecule has 1 N–H and O–H groups in total. The van der Waals surface area contributed by atoms with Crippen LogP contribution in [0.4, 0.5) is 9.52 Å². The summed E-state index contributed by atoms with van der Waals surface area (Å²) in [6.45, 7) is 2.50. The summed E-state index contributed by atoms with van der Waals surface area (Å²) >= 11 is 1.35. The summed E-state index contributed by atoms with van der Waals surface area (Å²) in [6.07, 6.45) is 0.979. The summed E-state index contributed by atoms with van der Waals surface area (Å²) in [5.41, 5.74) is 2.71. The van der Waals surface area contributed by atoms with Crippen molar-refractivity contribution in [1.82, 2.24) is 4.98 Å². The van der Waals surface area contributed by atoms with Gasteiger partial charge in [0.05, 0.1) is 12.3 Å². The minimum atomic E-state index is -0.287. The molecule has 1 amide bonds. The molecule has 26 heavy (non-hydrogen) atoms. The van der Waals surface area contributed by atoms with E-state index in [-0.39, 0.29) is 11.7 Å². The third kappa shape index (κ3) is 5.13. The summed E-state index contributed by atoms with van der Waals surface area (Å²) in [5, 5.41) is 5.16. The van der Waals surface area contributed by atoms with Crippen LogP contribution in [0.3, 0.4) is 0 Å². The Labute approximate surface area is 155 Å². The lowest BCUT2D eigenvalue weighted by molar-refractivity contribution is -0.116. The van der Waals surface area contributed by atoms with Gasteiger partial charge in [-0.2, -0.15) is 0 Å². The Hall–Kier alpha value is -2.73. The second-order valence-corrected chi connectivity index (χ2v) is 6.72. The van der Waals surface area contributed by atoms with Crippen LogP contribution in [-0.2, 0) is 4.79 Å². The molecule has 1 heterocycles. The summed E-state index contributed by atoms with van der Waals surface area (Å²) < 4.78 is 18.6. The van der Waals surface area contributed by atoms with Crippen molar-refractivity contribution in [1.29, 1.82) is 0 Å². The molecule has 1 aromatic heterocycles. The highest BCUT2D eigenvalue weighted by Crippen LogP contribution is 2.25. The van der Waals surface area contributed by atoms with Crippen molar-refractivity contribution in [2.75, 3.05) is 11.9 Å². The second kappa shape index (κ2) is 8.58. The number of aryl methyl sites for hydroxylation is 1. The molecule has 0 aliphatic rings. The summed E-state index contributed by atoms with van der Waals surface area (Å²) in [6, 6.07) is 13.9. The van der Waals surface area contributed by atoms with Gasteiger partial charge in [0.25, 0.3) is 0 Å². The number of halogens is 1. The number of aromatic nitrogens is 1. The molecule has 0 radical (unpaired) electrons. The van der Waals surface area contributed by atoms with Gasteiger partial charge in [-0.15, -0.1) is 11.3 Å². The first-order chi connectivity index (χ1) is 12.6. The van der Waals surface area contributed by atoms with Crippen molar-refractivity contribution in [3.63, 3.8) is 0 Å². The Morgan fingerprint density at radius 3 is 2.62 bits per heavy atom. The van der Waals surface area contributed by atoms with Gasteiger partial charge in [0.1, 0.15) is 11.6 Å². The Morgan fingerprint density at radius 2 is 1.88 bits per heavy atom. The Morgan fingerprint density at radius 1 is 1.15 bits per heavy atom. The molecule has 0 saturated heterocycles. The van der Waals surface area contributed by atoms with E-state index in [0.29, 0.717) is 30.3 Å². The van der Waals surface area contributed by atoms with E-state index in [9.17, 15) is 9.18 Å². The van der Waals surface area contributed by atoms with Crippen molar-refractivity contribution in [2.45, 2.75) is 19.8 Å². The van der Waals surface area contributed by atoms with Gasteiger partial charge >= 0.3 is 0 Å². The van der Waals surface area contributed by atoms with E-state index < -0.39 is 0 Å². The number of rotatable bonds is 7. The molecule has 0 saturated carbocycles. The SMILES string of the molecule is Cc1ccc(OCCCC(=O)Nc2nc(-c3ccc(F)cc3)cs2)cc1. The molecule has 0 aliphatic heterocycles. The van der Waals surface area contributed by atoms with Crippen LogP contribution in [0, 0.1) is 12.7 Å². The average molecular weight is 370 g/mol. The van der Waals surface area contributed by atoms with E-state index in [2.05, 4.69) is 10.3 Å². The van der Waals surface area contributed by atoms with Gasteiger partial charge in [-0.3, -0.25) is 4.79 Å². The lowest BCUT2D eigenvalue weighted by Gasteiger charge is -2.06. The fourth-order valence-electron chi connectivity index (χ4n) is 2.32. The third-order valence-electron chi connectivity index (χ3n) is 3.73. The molecular formula is C20H19FN2O2S. The van der Waals surface area contributed by atoms with Crippen LogP contribution in [0.15, 0.2) is 53.9 Å². The molecule has 134 valence electrons. The van der Waals surface area contributed by atoms with Gasteiger partial charge in [-0.25, -0.2) is 9.37 Å². The summed E-state index contributed by atoms with van der Waals surface area (Å²) in [4.78, 5) is 16.4.